The number of fused-ring (bicyclic) bond motifs is 1. The molecule has 1 atom stereocenters. The molecule has 0 saturated carbocycles. The molecule has 0 amide bonds. The van der Waals surface area contributed by atoms with E-state index in [1.807, 2.05) is 11.3 Å². The van der Waals surface area contributed by atoms with Crippen molar-refractivity contribution < 1.29 is 0 Å². The fourth-order valence-electron chi connectivity index (χ4n) is 2.15. The standard InChI is InChI=1S/C13H21NS/c1-4-11-8-13-10(5-6-14-11)7-12(15-13)9(2)3/h7,9,11,14H,4-6,8H2,1-3H3. The molecule has 0 aromatic carbocycles. The predicted octanol–water partition coefficient (Wildman–Crippen LogP) is 3.34. The van der Waals surface area contributed by atoms with Gasteiger partial charge in [0.25, 0.3) is 0 Å². The number of hydrogen-bond donors (Lipinski definition) is 1. The van der Waals surface area contributed by atoms with Crippen molar-refractivity contribution in [1.29, 1.82) is 0 Å². The van der Waals surface area contributed by atoms with E-state index in [2.05, 4.69) is 32.2 Å². The van der Waals surface area contributed by atoms with Crippen LogP contribution >= 0.6 is 11.3 Å². The molecule has 1 unspecified atom stereocenters. The highest BCUT2D eigenvalue weighted by molar-refractivity contribution is 7.12. The largest absolute Gasteiger partial charge is 0.313 e. The van der Waals surface area contributed by atoms with E-state index in [1.165, 1.54) is 19.3 Å². The van der Waals surface area contributed by atoms with Crippen LogP contribution in [0.2, 0.25) is 0 Å². The summed E-state index contributed by atoms with van der Waals surface area (Å²) in [7, 11) is 0. The molecule has 15 heavy (non-hydrogen) atoms. The average Bonchev–Trinajstić information content (AvgIpc) is 2.51. The van der Waals surface area contributed by atoms with Crippen molar-refractivity contribution in [2.45, 2.75) is 52.0 Å². The third-order valence-electron chi connectivity index (χ3n) is 3.24. The molecular weight excluding hydrogens is 202 g/mol. The summed E-state index contributed by atoms with van der Waals surface area (Å²) in [5.74, 6) is 0.690. The Labute approximate surface area is 96.9 Å². The Kier molecular flexibility index (Phi) is 3.47. The van der Waals surface area contributed by atoms with Gasteiger partial charge in [-0.1, -0.05) is 20.8 Å². The van der Waals surface area contributed by atoms with E-state index in [4.69, 9.17) is 0 Å². The first-order valence-corrected chi connectivity index (χ1v) is 6.87. The van der Waals surface area contributed by atoms with E-state index >= 15 is 0 Å². The van der Waals surface area contributed by atoms with Crippen LogP contribution in [-0.2, 0) is 12.8 Å². The molecule has 1 nitrogen and oxygen atoms in total. The SMILES string of the molecule is CCC1Cc2sc(C(C)C)cc2CCN1. The van der Waals surface area contributed by atoms with Gasteiger partial charge in [-0.3, -0.25) is 0 Å². The molecule has 2 heteroatoms. The molecule has 1 aliphatic heterocycles. The summed E-state index contributed by atoms with van der Waals surface area (Å²) in [6.07, 6.45) is 3.70. The maximum Gasteiger partial charge on any atom is 0.0113 e. The summed E-state index contributed by atoms with van der Waals surface area (Å²) in [5, 5.41) is 3.62. The fourth-order valence-corrected chi connectivity index (χ4v) is 3.45. The maximum absolute atomic E-state index is 3.62. The van der Waals surface area contributed by atoms with Crippen LogP contribution in [0.4, 0.5) is 0 Å². The van der Waals surface area contributed by atoms with E-state index in [9.17, 15) is 0 Å². The monoisotopic (exact) mass is 223 g/mol. The number of thiophene rings is 1. The van der Waals surface area contributed by atoms with Crippen LogP contribution in [0.3, 0.4) is 0 Å². The first-order chi connectivity index (χ1) is 7.20. The highest BCUT2D eigenvalue weighted by Crippen LogP contribution is 2.31. The van der Waals surface area contributed by atoms with Crippen LogP contribution in [0.15, 0.2) is 6.07 Å². The normalized spacial score (nSPS) is 21.5. The summed E-state index contributed by atoms with van der Waals surface area (Å²) in [6, 6.07) is 3.13. The summed E-state index contributed by atoms with van der Waals surface area (Å²) in [5.41, 5.74) is 1.60. The third kappa shape index (κ3) is 2.43. The van der Waals surface area contributed by atoms with Gasteiger partial charge in [0.2, 0.25) is 0 Å². The summed E-state index contributed by atoms with van der Waals surface area (Å²) < 4.78 is 0. The first kappa shape index (κ1) is 11.2. The van der Waals surface area contributed by atoms with E-state index in [1.54, 1.807) is 15.3 Å². The molecule has 1 aromatic heterocycles. The number of rotatable bonds is 2. The number of nitrogens with one attached hydrogen (secondary N) is 1. The van der Waals surface area contributed by atoms with Gasteiger partial charge in [-0.25, -0.2) is 0 Å². The molecule has 0 spiro atoms. The smallest absolute Gasteiger partial charge is 0.0113 e. The Hall–Kier alpha value is -0.340. The van der Waals surface area contributed by atoms with Gasteiger partial charge in [-0.15, -0.1) is 11.3 Å². The number of hydrogen-bond acceptors (Lipinski definition) is 2. The molecule has 1 N–H and O–H groups in total. The topological polar surface area (TPSA) is 12.0 Å². The molecule has 0 aliphatic carbocycles. The molecule has 0 fully saturated rings. The Morgan fingerprint density at radius 3 is 3.00 bits per heavy atom. The minimum Gasteiger partial charge on any atom is -0.313 e. The highest BCUT2D eigenvalue weighted by atomic mass is 32.1. The maximum atomic E-state index is 3.62. The van der Waals surface area contributed by atoms with Gasteiger partial charge in [-0.05, 0) is 43.4 Å². The van der Waals surface area contributed by atoms with Crippen molar-refractivity contribution in [3.63, 3.8) is 0 Å². The van der Waals surface area contributed by atoms with Crippen LogP contribution in [0, 0.1) is 0 Å². The van der Waals surface area contributed by atoms with Crippen LogP contribution in [0.5, 0.6) is 0 Å². The Morgan fingerprint density at radius 2 is 2.33 bits per heavy atom. The van der Waals surface area contributed by atoms with Gasteiger partial charge in [0.1, 0.15) is 0 Å². The van der Waals surface area contributed by atoms with Crippen molar-refractivity contribution in [2.75, 3.05) is 6.54 Å². The van der Waals surface area contributed by atoms with Gasteiger partial charge in [-0.2, -0.15) is 0 Å². The molecule has 1 aromatic rings. The van der Waals surface area contributed by atoms with Gasteiger partial charge in [0.15, 0.2) is 0 Å². The zero-order valence-electron chi connectivity index (χ0n) is 9.97. The quantitative estimate of drug-likeness (QED) is 0.811. The summed E-state index contributed by atoms with van der Waals surface area (Å²) >= 11 is 2.04. The molecular formula is C13H21NS. The van der Waals surface area contributed by atoms with Gasteiger partial charge < -0.3 is 5.32 Å². The fraction of sp³-hybridized carbons (Fsp3) is 0.692. The molecule has 0 saturated heterocycles. The molecule has 1 aliphatic rings. The van der Waals surface area contributed by atoms with Crippen LogP contribution in [0.25, 0.3) is 0 Å². The van der Waals surface area contributed by atoms with Crippen LogP contribution in [-0.4, -0.2) is 12.6 Å². The lowest BCUT2D eigenvalue weighted by molar-refractivity contribution is 0.515. The lowest BCUT2D eigenvalue weighted by Crippen LogP contribution is -2.29. The molecule has 2 rings (SSSR count). The highest BCUT2D eigenvalue weighted by Gasteiger charge is 2.18. The second-order valence-electron chi connectivity index (χ2n) is 4.77. The van der Waals surface area contributed by atoms with Gasteiger partial charge in [0, 0.05) is 15.8 Å². The van der Waals surface area contributed by atoms with E-state index in [0.29, 0.717) is 12.0 Å². The minimum absolute atomic E-state index is 0.690. The van der Waals surface area contributed by atoms with Crippen molar-refractivity contribution in [1.82, 2.24) is 5.32 Å². The lowest BCUT2D eigenvalue weighted by Gasteiger charge is -2.12. The second-order valence-corrected chi connectivity index (χ2v) is 5.93. The van der Waals surface area contributed by atoms with Crippen molar-refractivity contribution >= 4 is 11.3 Å². The molecule has 2 heterocycles. The molecule has 0 bridgehead atoms. The van der Waals surface area contributed by atoms with Crippen molar-refractivity contribution in [2.24, 2.45) is 0 Å². The van der Waals surface area contributed by atoms with Crippen LogP contribution in [0.1, 0.15) is 48.4 Å². The van der Waals surface area contributed by atoms with Crippen LogP contribution < -0.4 is 5.32 Å². The van der Waals surface area contributed by atoms with Gasteiger partial charge in [0.05, 0.1) is 0 Å². The lowest BCUT2D eigenvalue weighted by atomic mass is 10.1. The molecule has 0 radical (unpaired) electrons. The van der Waals surface area contributed by atoms with Crippen molar-refractivity contribution in [3.05, 3.63) is 21.4 Å². The van der Waals surface area contributed by atoms with E-state index in [-0.39, 0.29) is 0 Å². The van der Waals surface area contributed by atoms with Crippen molar-refractivity contribution in [3.8, 4) is 0 Å². The Balaban J connectivity index is 2.22. The predicted molar refractivity (Wildman–Crippen MR) is 67.9 cm³/mol. The van der Waals surface area contributed by atoms with Gasteiger partial charge >= 0.3 is 0 Å². The van der Waals surface area contributed by atoms with E-state index in [0.717, 1.165) is 6.54 Å². The zero-order chi connectivity index (χ0) is 10.8. The third-order valence-corrected chi connectivity index (χ3v) is 4.74. The van der Waals surface area contributed by atoms with E-state index < -0.39 is 0 Å². The average molecular weight is 223 g/mol. The minimum atomic E-state index is 0.690. The Morgan fingerprint density at radius 1 is 1.53 bits per heavy atom. The second kappa shape index (κ2) is 4.67. The summed E-state index contributed by atoms with van der Waals surface area (Å²) in [6.45, 7) is 8.01. The molecule has 84 valence electrons. The Bertz CT molecular complexity index is 327. The first-order valence-electron chi connectivity index (χ1n) is 6.05. The summed E-state index contributed by atoms with van der Waals surface area (Å²) in [4.78, 5) is 3.20. The zero-order valence-corrected chi connectivity index (χ0v) is 10.8.